The van der Waals surface area contributed by atoms with E-state index < -0.39 is 5.54 Å². The number of hydrogen-bond donors (Lipinski definition) is 2. The molecule has 0 spiro atoms. The number of benzene rings is 2. The van der Waals surface area contributed by atoms with Crippen molar-refractivity contribution in [3.8, 4) is 11.8 Å². The van der Waals surface area contributed by atoms with Gasteiger partial charge in [-0.25, -0.2) is 0 Å². The molecule has 0 radical (unpaired) electrons. The lowest BCUT2D eigenvalue weighted by molar-refractivity contribution is 0.501. The van der Waals surface area contributed by atoms with Gasteiger partial charge in [-0.15, -0.1) is 0 Å². The van der Waals surface area contributed by atoms with Crippen LogP contribution in [0, 0.1) is 11.8 Å². The number of fused-ring (bicyclic) bond motifs is 1. The first-order chi connectivity index (χ1) is 10.5. The minimum absolute atomic E-state index is 0.342. The summed E-state index contributed by atoms with van der Waals surface area (Å²) in [5.41, 5.74) is 12.6. The number of hydrogen-bond acceptors (Lipinski definition) is 2. The van der Waals surface area contributed by atoms with Crippen molar-refractivity contribution in [1.82, 2.24) is 0 Å². The fourth-order valence-corrected chi connectivity index (χ4v) is 2.81. The molecular formula is C20H24N2. The van der Waals surface area contributed by atoms with Gasteiger partial charge >= 0.3 is 0 Å². The minimum Gasteiger partial charge on any atom is -0.327 e. The molecule has 114 valence electrons. The van der Waals surface area contributed by atoms with Crippen LogP contribution in [0.3, 0.4) is 0 Å². The van der Waals surface area contributed by atoms with Crippen LogP contribution in [0.2, 0.25) is 0 Å². The van der Waals surface area contributed by atoms with Gasteiger partial charge in [-0.2, -0.15) is 0 Å². The van der Waals surface area contributed by atoms with E-state index in [0.29, 0.717) is 12.5 Å². The lowest BCUT2D eigenvalue weighted by atomic mass is 9.85. The predicted molar refractivity (Wildman–Crippen MR) is 95.5 cm³/mol. The van der Waals surface area contributed by atoms with Crippen LogP contribution in [0.1, 0.15) is 31.7 Å². The molecule has 0 aliphatic rings. The van der Waals surface area contributed by atoms with E-state index in [1.807, 2.05) is 13.0 Å². The lowest BCUT2D eigenvalue weighted by Gasteiger charge is -2.23. The van der Waals surface area contributed by atoms with Crippen LogP contribution in [0.15, 0.2) is 54.6 Å². The molecule has 2 heteroatoms. The average Bonchev–Trinajstić information content (AvgIpc) is 2.50. The predicted octanol–water partition coefficient (Wildman–Crippen LogP) is 3.57. The third kappa shape index (κ3) is 4.21. The second kappa shape index (κ2) is 7.26. The first kappa shape index (κ1) is 16.3. The minimum atomic E-state index is -0.519. The molecule has 0 bridgehead atoms. The zero-order valence-electron chi connectivity index (χ0n) is 13.3. The highest BCUT2D eigenvalue weighted by Crippen LogP contribution is 2.30. The molecule has 0 aromatic heterocycles. The highest BCUT2D eigenvalue weighted by Gasteiger charge is 2.21. The van der Waals surface area contributed by atoms with E-state index >= 15 is 0 Å². The van der Waals surface area contributed by atoms with Gasteiger partial charge in [0.05, 0.1) is 5.54 Å². The Morgan fingerprint density at radius 2 is 1.91 bits per heavy atom. The monoisotopic (exact) mass is 292 g/mol. The Morgan fingerprint density at radius 1 is 1.18 bits per heavy atom. The Balaban J connectivity index is 2.21. The zero-order valence-corrected chi connectivity index (χ0v) is 13.3. The van der Waals surface area contributed by atoms with E-state index in [2.05, 4.69) is 61.2 Å². The molecule has 1 unspecified atom stereocenters. The van der Waals surface area contributed by atoms with Crippen LogP contribution in [0.5, 0.6) is 0 Å². The fraction of sp³-hybridized carbons (Fsp3) is 0.300. The van der Waals surface area contributed by atoms with Crippen molar-refractivity contribution in [3.05, 3.63) is 60.2 Å². The van der Waals surface area contributed by atoms with Crippen LogP contribution in [-0.2, 0) is 0 Å². The summed E-state index contributed by atoms with van der Waals surface area (Å²) in [5.74, 6) is 6.45. The Labute approximate surface area is 133 Å². The Morgan fingerprint density at radius 3 is 2.68 bits per heavy atom. The summed E-state index contributed by atoms with van der Waals surface area (Å²) < 4.78 is 0. The lowest BCUT2D eigenvalue weighted by Crippen LogP contribution is -2.35. The van der Waals surface area contributed by atoms with Crippen LogP contribution >= 0.6 is 0 Å². The smallest absolute Gasteiger partial charge is 0.0756 e. The molecule has 22 heavy (non-hydrogen) atoms. The maximum absolute atomic E-state index is 6.34. The van der Waals surface area contributed by atoms with E-state index in [9.17, 15) is 0 Å². The van der Waals surface area contributed by atoms with E-state index in [4.69, 9.17) is 11.5 Å². The zero-order chi connectivity index (χ0) is 16.0. The summed E-state index contributed by atoms with van der Waals surface area (Å²) in [5, 5.41) is 2.56. The van der Waals surface area contributed by atoms with Crippen molar-refractivity contribution in [2.24, 2.45) is 11.5 Å². The standard InChI is InChI=1S/C20H24N2/c1-16(15-20(2,22)13-6-3-7-14-21)18-12-8-10-17-9-4-5-11-19(17)18/h3-5,7-12,16H,14-15,21-22H2,1-2H3/b7-3+/t16?,20-/m0/s1. The molecule has 0 heterocycles. The maximum atomic E-state index is 6.34. The molecule has 0 amide bonds. The van der Waals surface area contributed by atoms with E-state index in [-0.39, 0.29) is 0 Å². The third-order valence-corrected chi connectivity index (χ3v) is 3.78. The van der Waals surface area contributed by atoms with Gasteiger partial charge in [0.2, 0.25) is 0 Å². The van der Waals surface area contributed by atoms with Gasteiger partial charge in [-0.05, 0) is 41.7 Å². The highest BCUT2D eigenvalue weighted by atomic mass is 14.7. The molecule has 4 N–H and O–H groups in total. The van der Waals surface area contributed by atoms with Crippen molar-refractivity contribution in [1.29, 1.82) is 0 Å². The number of rotatable bonds is 4. The van der Waals surface area contributed by atoms with Crippen LogP contribution < -0.4 is 11.5 Å². The van der Waals surface area contributed by atoms with Crippen molar-refractivity contribution in [3.63, 3.8) is 0 Å². The SMILES string of the molecule is CC(C[C@@](C)(N)C#C/C=C/CN)c1cccc2ccccc12. The quantitative estimate of drug-likeness (QED) is 0.846. The van der Waals surface area contributed by atoms with Crippen molar-refractivity contribution >= 4 is 10.8 Å². The summed E-state index contributed by atoms with van der Waals surface area (Å²) in [6, 6.07) is 14.9. The second-order valence-electron chi connectivity index (χ2n) is 6.00. The number of nitrogens with two attached hydrogens (primary N) is 2. The Kier molecular flexibility index (Phi) is 5.38. The average molecular weight is 292 g/mol. The van der Waals surface area contributed by atoms with Gasteiger partial charge in [0.15, 0.2) is 0 Å². The second-order valence-corrected chi connectivity index (χ2v) is 6.00. The van der Waals surface area contributed by atoms with Crippen LogP contribution in [0.25, 0.3) is 10.8 Å². The maximum Gasteiger partial charge on any atom is 0.0756 e. The molecule has 2 atom stereocenters. The molecule has 2 rings (SSSR count). The topological polar surface area (TPSA) is 52.0 Å². The fourth-order valence-electron chi connectivity index (χ4n) is 2.81. The van der Waals surface area contributed by atoms with Gasteiger partial charge in [0.25, 0.3) is 0 Å². The summed E-state index contributed by atoms with van der Waals surface area (Å²) in [4.78, 5) is 0. The first-order valence-electron chi connectivity index (χ1n) is 7.68. The number of allylic oxidation sites excluding steroid dienone is 1. The summed E-state index contributed by atoms with van der Waals surface area (Å²) >= 11 is 0. The Hall–Kier alpha value is -2.08. The molecule has 0 saturated heterocycles. The van der Waals surface area contributed by atoms with Crippen molar-refractivity contribution in [2.75, 3.05) is 6.54 Å². The molecule has 0 saturated carbocycles. The first-order valence-corrected chi connectivity index (χ1v) is 7.68. The van der Waals surface area contributed by atoms with E-state index in [1.54, 1.807) is 6.08 Å². The molecule has 2 aromatic rings. The molecule has 2 aromatic carbocycles. The van der Waals surface area contributed by atoms with E-state index in [1.165, 1.54) is 16.3 Å². The van der Waals surface area contributed by atoms with Gasteiger partial charge in [0.1, 0.15) is 0 Å². The molecule has 0 aliphatic carbocycles. The van der Waals surface area contributed by atoms with Gasteiger partial charge in [-0.3, -0.25) is 0 Å². The van der Waals surface area contributed by atoms with Gasteiger partial charge in [-0.1, -0.05) is 67.3 Å². The molecule has 0 aliphatic heterocycles. The van der Waals surface area contributed by atoms with Crippen molar-refractivity contribution < 1.29 is 0 Å². The third-order valence-electron chi connectivity index (χ3n) is 3.78. The summed E-state index contributed by atoms with van der Waals surface area (Å²) in [7, 11) is 0. The van der Waals surface area contributed by atoms with Gasteiger partial charge < -0.3 is 11.5 Å². The Bertz CT molecular complexity index is 712. The molecular weight excluding hydrogens is 268 g/mol. The van der Waals surface area contributed by atoms with E-state index in [0.717, 1.165) is 6.42 Å². The highest BCUT2D eigenvalue weighted by molar-refractivity contribution is 5.86. The molecule has 2 nitrogen and oxygen atoms in total. The summed E-state index contributed by atoms with van der Waals surface area (Å²) in [6.45, 7) is 4.70. The molecule has 0 fully saturated rings. The van der Waals surface area contributed by atoms with Gasteiger partial charge in [0, 0.05) is 6.54 Å². The van der Waals surface area contributed by atoms with Crippen LogP contribution in [-0.4, -0.2) is 12.1 Å². The normalized spacial score (nSPS) is 15.3. The van der Waals surface area contributed by atoms with Crippen molar-refractivity contribution in [2.45, 2.75) is 31.7 Å². The largest absolute Gasteiger partial charge is 0.327 e. The summed E-state index contributed by atoms with van der Waals surface area (Å²) in [6.07, 6.45) is 4.41. The van der Waals surface area contributed by atoms with Crippen LogP contribution in [0.4, 0.5) is 0 Å².